The smallest absolute Gasteiger partial charge is 0.308 e. The number of para-hydroxylation sites is 1. The zero-order chi connectivity index (χ0) is 21.1. The summed E-state index contributed by atoms with van der Waals surface area (Å²) in [5, 5.41) is 0.639. The number of amides is 1. The number of hydrogen-bond donors (Lipinski definition) is 0. The summed E-state index contributed by atoms with van der Waals surface area (Å²) in [5.74, 6) is -0.805. The van der Waals surface area contributed by atoms with Gasteiger partial charge in [0.05, 0.1) is 29.8 Å². The third-order valence-electron chi connectivity index (χ3n) is 5.64. The second kappa shape index (κ2) is 8.92. The lowest BCUT2D eigenvalue weighted by molar-refractivity contribution is -0.147. The number of thiazole rings is 1. The molecule has 0 radical (unpaired) electrons. The first kappa shape index (κ1) is 20.5. The van der Waals surface area contributed by atoms with E-state index >= 15 is 0 Å². The number of methoxy groups -OCH3 is 1. The van der Waals surface area contributed by atoms with Crippen molar-refractivity contribution >= 4 is 38.6 Å². The normalized spacial score (nSPS) is 18.9. The fourth-order valence-corrected chi connectivity index (χ4v) is 4.92. The highest BCUT2D eigenvalue weighted by Crippen LogP contribution is 2.35. The lowest BCUT2D eigenvalue weighted by Gasteiger charge is -2.30. The van der Waals surface area contributed by atoms with Gasteiger partial charge >= 0.3 is 5.97 Å². The number of halogens is 1. The molecule has 1 aliphatic rings. The van der Waals surface area contributed by atoms with Crippen LogP contribution in [0.25, 0.3) is 10.2 Å². The Hall–Kier alpha value is -2.80. The molecule has 1 aromatic heterocycles. The topological polar surface area (TPSA) is 59.5 Å². The van der Waals surface area contributed by atoms with Gasteiger partial charge in [0.15, 0.2) is 5.13 Å². The largest absolute Gasteiger partial charge is 0.469 e. The molecule has 30 heavy (non-hydrogen) atoms. The lowest BCUT2D eigenvalue weighted by atomic mass is 9.81. The monoisotopic (exact) mass is 426 g/mol. The van der Waals surface area contributed by atoms with E-state index in [9.17, 15) is 14.0 Å². The number of fused-ring (bicyclic) bond motifs is 1. The zero-order valence-corrected chi connectivity index (χ0v) is 17.5. The van der Waals surface area contributed by atoms with Crippen LogP contribution in [0.3, 0.4) is 0 Å². The maximum atomic E-state index is 13.5. The maximum absolute atomic E-state index is 13.5. The van der Waals surface area contributed by atoms with Crippen LogP contribution < -0.4 is 4.90 Å². The molecule has 3 aromatic rings. The quantitative estimate of drug-likeness (QED) is 0.542. The number of aromatic nitrogens is 1. The molecule has 1 fully saturated rings. The number of benzene rings is 2. The van der Waals surface area contributed by atoms with Crippen molar-refractivity contribution in [2.24, 2.45) is 11.8 Å². The van der Waals surface area contributed by atoms with Crippen LogP contribution in [0.5, 0.6) is 0 Å². The minimum atomic E-state index is -0.308. The summed E-state index contributed by atoms with van der Waals surface area (Å²) < 4.78 is 19.2. The average molecular weight is 427 g/mol. The third kappa shape index (κ3) is 4.36. The van der Waals surface area contributed by atoms with E-state index in [1.54, 1.807) is 17.0 Å². The van der Waals surface area contributed by atoms with Gasteiger partial charge in [0.1, 0.15) is 5.82 Å². The van der Waals surface area contributed by atoms with Gasteiger partial charge < -0.3 is 4.74 Å². The Morgan fingerprint density at radius 3 is 2.40 bits per heavy atom. The number of ether oxygens (including phenoxy) is 1. The molecule has 156 valence electrons. The van der Waals surface area contributed by atoms with E-state index in [2.05, 4.69) is 4.98 Å². The standard InChI is InChI=1S/C23H23FN2O3S/c1-29-22(28)17-10-8-16(9-11-17)21(27)26(14-15-6-12-18(24)13-7-15)23-25-19-4-2-3-5-20(19)30-23/h2-7,12-13,16-17H,8-11,14H2,1H3. The number of nitrogens with zero attached hydrogens (tertiary/aromatic N) is 2. The Morgan fingerprint density at radius 2 is 1.73 bits per heavy atom. The van der Waals surface area contributed by atoms with Gasteiger partial charge in [0.25, 0.3) is 0 Å². The summed E-state index contributed by atoms with van der Waals surface area (Å²) in [6, 6.07) is 14.0. The highest BCUT2D eigenvalue weighted by molar-refractivity contribution is 7.22. The van der Waals surface area contributed by atoms with E-state index in [1.807, 2.05) is 24.3 Å². The molecule has 7 heteroatoms. The number of esters is 1. The van der Waals surface area contributed by atoms with Crippen LogP contribution in [0.1, 0.15) is 31.2 Å². The van der Waals surface area contributed by atoms with Crippen LogP contribution in [0.2, 0.25) is 0 Å². The van der Waals surface area contributed by atoms with Crippen molar-refractivity contribution in [1.29, 1.82) is 0 Å². The molecule has 4 rings (SSSR count). The van der Waals surface area contributed by atoms with Crippen LogP contribution in [0, 0.1) is 17.7 Å². The lowest BCUT2D eigenvalue weighted by Crippen LogP contribution is -2.38. The van der Waals surface area contributed by atoms with Crippen LogP contribution in [-0.4, -0.2) is 24.0 Å². The fourth-order valence-electron chi connectivity index (χ4n) is 3.95. The summed E-state index contributed by atoms with van der Waals surface area (Å²) in [6.07, 6.45) is 2.58. The number of rotatable bonds is 5. The molecule has 1 aliphatic carbocycles. The third-order valence-corrected chi connectivity index (χ3v) is 6.70. The molecule has 2 aromatic carbocycles. The van der Waals surface area contributed by atoms with Crippen molar-refractivity contribution in [1.82, 2.24) is 4.98 Å². The fraction of sp³-hybridized carbons (Fsp3) is 0.348. The van der Waals surface area contributed by atoms with E-state index < -0.39 is 0 Å². The van der Waals surface area contributed by atoms with Crippen molar-refractivity contribution < 1.29 is 18.7 Å². The highest BCUT2D eigenvalue weighted by atomic mass is 32.1. The molecule has 0 unspecified atom stereocenters. The van der Waals surface area contributed by atoms with E-state index in [1.165, 1.54) is 30.6 Å². The maximum Gasteiger partial charge on any atom is 0.308 e. The van der Waals surface area contributed by atoms with Gasteiger partial charge in [0.2, 0.25) is 5.91 Å². The number of carbonyl (C=O) groups is 2. The van der Waals surface area contributed by atoms with Crippen LogP contribution in [-0.2, 0) is 20.9 Å². The van der Waals surface area contributed by atoms with Gasteiger partial charge in [-0.2, -0.15) is 0 Å². The summed E-state index contributed by atoms with van der Waals surface area (Å²) in [5.41, 5.74) is 1.69. The highest BCUT2D eigenvalue weighted by Gasteiger charge is 2.34. The van der Waals surface area contributed by atoms with Gasteiger partial charge in [-0.1, -0.05) is 35.6 Å². The van der Waals surface area contributed by atoms with E-state index in [0.29, 0.717) is 37.4 Å². The molecular weight excluding hydrogens is 403 g/mol. The van der Waals surface area contributed by atoms with Gasteiger partial charge in [-0.15, -0.1) is 0 Å². The molecule has 0 spiro atoms. The first-order valence-corrected chi connectivity index (χ1v) is 10.9. The predicted octanol–water partition coefficient (Wildman–Crippen LogP) is 4.95. The van der Waals surface area contributed by atoms with Crippen molar-refractivity contribution in [2.45, 2.75) is 32.2 Å². The van der Waals surface area contributed by atoms with Gasteiger partial charge in [0, 0.05) is 5.92 Å². The molecule has 0 saturated heterocycles. The number of hydrogen-bond acceptors (Lipinski definition) is 5. The Bertz CT molecular complexity index is 1010. The number of anilines is 1. The van der Waals surface area contributed by atoms with E-state index in [-0.39, 0.29) is 29.5 Å². The Kier molecular flexibility index (Phi) is 6.08. The van der Waals surface area contributed by atoms with Gasteiger partial charge in [-0.3, -0.25) is 14.5 Å². The number of carbonyl (C=O) groups excluding carboxylic acids is 2. The van der Waals surface area contributed by atoms with Crippen molar-refractivity contribution in [3.8, 4) is 0 Å². The molecule has 1 amide bonds. The van der Waals surface area contributed by atoms with Crippen LogP contribution >= 0.6 is 11.3 Å². The molecule has 0 aliphatic heterocycles. The Labute approximate surface area is 178 Å². The van der Waals surface area contributed by atoms with E-state index in [4.69, 9.17) is 4.74 Å². The molecule has 1 heterocycles. The SMILES string of the molecule is COC(=O)C1CCC(C(=O)N(Cc2ccc(F)cc2)c2nc3ccccc3s2)CC1. The first-order valence-electron chi connectivity index (χ1n) is 10.0. The second-order valence-corrected chi connectivity index (χ2v) is 8.60. The summed E-state index contributed by atoms with van der Waals surface area (Å²) in [6.45, 7) is 0.329. The second-order valence-electron chi connectivity index (χ2n) is 7.59. The average Bonchev–Trinajstić information content (AvgIpc) is 3.21. The Balaban J connectivity index is 1.59. The van der Waals surface area contributed by atoms with Crippen molar-refractivity contribution in [3.63, 3.8) is 0 Å². The summed E-state index contributed by atoms with van der Waals surface area (Å²) >= 11 is 1.47. The first-order chi connectivity index (χ1) is 14.5. The van der Waals surface area contributed by atoms with Crippen molar-refractivity contribution in [3.05, 3.63) is 59.9 Å². The minimum absolute atomic E-state index is 0.00157. The summed E-state index contributed by atoms with van der Waals surface area (Å²) in [7, 11) is 1.40. The molecule has 0 atom stereocenters. The van der Waals surface area contributed by atoms with Crippen LogP contribution in [0.15, 0.2) is 48.5 Å². The molecular formula is C23H23FN2O3S. The summed E-state index contributed by atoms with van der Waals surface area (Å²) in [4.78, 5) is 31.7. The van der Waals surface area contributed by atoms with E-state index in [0.717, 1.165) is 15.8 Å². The zero-order valence-electron chi connectivity index (χ0n) is 16.7. The molecule has 0 bridgehead atoms. The predicted molar refractivity (Wildman–Crippen MR) is 115 cm³/mol. The van der Waals surface area contributed by atoms with Crippen LogP contribution in [0.4, 0.5) is 9.52 Å². The molecule has 0 N–H and O–H groups in total. The van der Waals surface area contributed by atoms with Gasteiger partial charge in [-0.05, 0) is 55.5 Å². The van der Waals surface area contributed by atoms with Crippen molar-refractivity contribution in [2.75, 3.05) is 12.0 Å². The molecule has 5 nitrogen and oxygen atoms in total. The van der Waals surface area contributed by atoms with Gasteiger partial charge in [-0.25, -0.2) is 9.37 Å². The minimum Gasteiger partial charge on any atom is -0.469 e. The Morgan fingerprint density at radius 1 is 1.07 bits per heavy atom. The molecule has 1 saturated carbocycles.